The first-order valence-corrected chi connectivity index (χ1v) is 16.5. The molecule has 0 aliphatic heterocycles. The minimum Gasteiger partial charge on any atom is -0.508 e. The first-order chi connectivity index (χ1) is 21.0. The molecule has 6 aromatic rings. The van der Waals surface area contributed by atoms with Gasteiger partial charge in [-0.15, -0.1) is 11.8 Å². The van der Waals surface area contributed by atoms with E-state index in [-0.39, 0.29) is 16.4 Å². The Labute approximate surface area is 259 Å². The summed E-state index contributed by atoms with van der Waals surface area (Å²) in [5.41, 5.74) is 5.02. The number of rotatable bonds is 6. The third-order valence-corrected chi connectivity index (χ3v) is 8.66. The van der Waals surface area contributed by atoms with Gasteiger partial charge >= 0.3 is 0 Å². The van der Waals surface area contributed by atoms with Gasteiger partial charge in [-0.2, -0.15) is 0 Å². The SMILES string of the molecule is CSc1ccc2ncnc(Nc3cc(O)ccc3C)c2c1.Cc1ccc(O)cc1Nc1ncnc2ccc(S(C)(=O)=O)cc12. The van der Waals surface area contributed by atoms with Crippen LogP contribution in [0.25, 0.3) is 21.8 Å². The van der Waals surface area contributed by atoms with Gasteiger partial charge in [0.15, 0.2) is 9.84 Å². The molecule has 2 aromatic heterocycles. The normalized spacial score (nSPS) is 11.2. The van der Waals surface area contributed by atoms with Crippen LogP contribution in [0, 0.1) is 13.8 Å². The van der Waals surface area contributed by atoms with Gasteiger partial charge in [-0.3, -0.25) is 0 Å². The summed E-state index contributed by atoms with van der Waals surface area (Å²) in [5.74, 6) is 1.58. The van der Waals surface area contributed by atoms with E-state index in [9.17, 15) is 18.6 Å². The van der Waals surface area contributed by atoms with Crippen LogP contribution in [0.5, 0.6) is 11.5 Å². The van der Waals surface area contributed by atoms with Gasteiger partial charge in [-0.05, 0) is 79.8 Å². The maximum atomic E-state index is 11.8. The number of fused-ring (bicyclic) bond motifs is 2. The zero-order valence-corrected chi connectivity index (χ0v) is 26.0. The predicted molar refractivity (Wildman–Crippen MR) is 176 cm³/mol. The fourth-order valence-electron chi connectivity index (χ4n) is 4.37. The lowest BCUT2D eigenvalue weighted by Gasteiger charge is -2.11. The van der Waals surface area contributed by atoms with Crippen molar-refractivity contribution in [2.24, 2.45) is 0 Å². The van der Waals surface area contributed by atoms with E-state index in [1.165, 1.54) is 12.4 Å². The molecular formula is C32H30N6O4S2. The molecule has 0 fully saturated rings. The molecule has 0 amide bonds. The number of aromatic hydroxyl groups is 2. The summed E-state index contributed by atoms with van der Waals surface area (Å²) in [6.45, 7) is 3.88. The highest BCUT2D eigenvalue weighted by molar-refractivity contribution is 7.98. The summed E-state index contributed by atoms with van der Waals surface area (Å²) in [7, 11) is -3.32. The van der Waals surface area contributed by atoms with E-state index >= 15 is 0 Å². The van der Waals surface area contributed by atoms with Crippen LogP contribution in [-0.4, -0.2) is 51.1 Å². The Bertz CT molecular complexity index is 2110. The van der Waals surface area contributed by atoms with E-state index in [1.54, 1.807) is 60.6 Å². The summed E-state index contributed by atoms with van der Waals surface area (Å²) in [6, 6.07) is 21.0. The van der Waals surface area contributed by atoms with Crippen LogP contribution < -0.4 is 10.6 Å². The number of phenolic OH excluding ortho intramolecular Hbond substituents is 2. The number of aromatic nitrogens is 4. The van der Waals surface area contributed by atoms with Crippen LogP contribution >= 0.6 is 11.8 Å². The quantitative estimate of drug-likeness (QED) is 0.143. The van der Waals surface area contributed by atoms with Crippen LogP contribution in [0.4, 0.5) is 23.0 Å². The van der Waals surface area contributed by atoms with Gasteiger partial charge in [-0.1, -0.05) is 12.1 Å². The Morgan fingerprint density at radius 2 is 1.16 bits per heavy atom. The monoisotopic (exact) mass is 626 g/mol. The first-order valence-electron chi connectivity index (χ1n) is 13.4. The summed E-state index contributed by atoms with van der Waals surface area (Å²) >= 11 is 1.68. The second-order valence-corrected chi connectivity index (χ2v) is 12.9. The third-order valence-electron chi connectivity index (χ3n) is 6.83. The zero-order chi connectivity index (χ0) is 31.4. The number of phenols is 2. The predicted octanol–water partition coefficient (Wildman–Crippen LogP) is 6.90. The molecule has 224 valence electrons. The third kappa shape index (κ3) is 6.99. The van der Waals surface area contributed by atoms with Gasteiger partial charge in [0, 0.05) is 45.4 Å². The van der Waals surface area contributed by atoms with Crippen LogP contribution in [0.3, 0.4) is 0 Å². The molecule has 6 rings (SSSR count). The lowest BCUT2D eigenvalue weighted by Crippen LogP contribution is -2.00. The number of thioether (sulfide) groups is 1. The molecule has 0 radical (unpaired) electrons. The lowest BCUT2D eigenvalue weighted by molar-refractivity contribution is 0.475. The number of hydrogen-bond acceptors (Lipinski definition) is 11. The molecule has 4 aromatic carbocycles. The van der Waals surface area contributed by atoms with Gasteiger partial charge in [0.25, 0.3) is 0 Å². The zero-order valence-electron chi connectivity index (χ0n) is 24.4. The Morgan fingerprint density at radius 3 is 1.66 bits per heavy atom. The van der Waals surface area contributed by atoms with E-state index in [2.05, 4.69) is 36.6 Å². The molecule has 0 bridgehead atoms. The van der Waals surface area contributed by atoms with Crippen molar-refractivity contribution < 1.29 is 18.6 Å². The number of nitrogens with zero attached hydrogens (tertiary/aromatic N) is 4. The van der Waals surface area contributed by atoms with Crippen molar-refractivity contribution in [3.63, 3.8) is 0 Å². The second kappa shape index (κ2) is 12.7. The molecule has 0 aliphatic rings. The van der Waals surface area contributed by atoms with Gasteiger partial charge in [0.1, 0.15) is 35.8 Å². The largest absolute Gasteiger partial charge is 0.508 e. The van der Waals surface area contributed by atoms with Crippen LogP contribution in [0.2, 0.25) is 0 Å². The smallest absolute Gasteiger partial charge is 0.175 e. The Balaban J connectivity index is 0.000000175. The van der Waals surface area contributed by atoms with Crippen LogP contribution in [-0.2, 0) is 9.84 Å². The summed E-state index contributed by atoms with van der Waals surface area (Å²) < 4.78 is 23.5. The Hall–Kier alpha value is -4.94. The molecular weight excluding hydrogens is 597 g/mol. The van der Waals surface area contributed by atoms with Crippen molar-refractivity contribution in [3.8, 4) is 11.5 Å². The topological polar surface area (TPSA) is 150 Å². The molecule has 4 N–H and O–H groups in total. The Kier molecular flexibility index (Phi) is 8.83. The summed E-state index contributed by atoms with van der Waals surface area (Å²) in [4.78, 5) is 18.3. The van der Waals surface area contributed by atoms with Crippen molar-refractivity contribution in [2.45, 2.75) is 23.6 Å². The molecule has 10 nitrogen and oxygen atoms in total. The maximum absolute atomic E-state index is 11.8. The number of hydrogen-bond donors (Lipinski definition) is 4. The Morgan fingerprint density at radius 1 is 0.659 bits per heavy atom. The van der Waals surface area contributed by atoms with E-state index in [0.717, 1.165) is 44.7 Å². The highest BCUT2D eigenvalue weighted by Gasteiger charge is 2.12. The molecule has 0 saturated carbocycles. The average Bonchev–Trinajstić information content (AvgIpc) is 3.00. The van der Waals surface area contributed by atoms with Crippen LogP contribution in [0.15, 0.2) is 95.2 Å². The van der Waals surface area contributed by atoms with E-state index in [4.69, 9.17) is 0 Å². The fraction of sp³-hybridized carbons (Fsp3) is 0.125. The minimum absolute atomic E-state index is 0.133. The van der Waals surface area contributed by atoms with Crippen molar-refractivity contribution in [1.29, 1.82) is 0 Å². The van der Waals surface area contributed by atoms with Gasteiger partial charge in [0.05, 0.1) is 15.9 Å². The first kappa shape index (κ1) is 30.5. The summed E-state index contributed by atoms with van der Waals surface area (Å²) in [5, 5.41) is 27.2. The molecule has 0 atom stereocenters. The van der Waals surface area contributed by atoms with Crippen molar-refractivity contribution >= 4 is 66.4 Å². The minimum atomic E-state index is -3.32. The van der Waals surface area contributed by atoms with Crippen LogP contribution in [0.1, 0.15) is 11.1 Å². The number of benzene rings is 4. The maximum Gasteiger partial charge on any atom is 0.175 e. The molecule has 44 heavy (non-hydrogen) atoms. The lowest BCUT2D eigenvalue weighted by atomic mass is 10.1. The molecule has 2 heterocycles. The fourth-order valence-corrected chi connectivity index (χ4v) is 5.46. The number of aryl methyl sites for hydroxylation is 2. The molecule has 0 spiro atoms. The van der Waals surface area contributed by atoms with Crippen molar-refractivity contribution in [1.82, 2.24) is 19.9 Å². The second-order valence-electron chi connectivity index (χ2n) is 10.0. The molecule has 0 saturated heterocycles. The number of anilines is 4. The highest BCUT2D eigenvalue weighted by Crippen LogP contribution is 2.30. The van der Waals surface area contributed by atoms with Gasteiger partial charge < -0.3 is 20.8 Å². The van der Waals surface area contributed by atoms with Crippen molar-refractivity contribution in [3.05, 3.63) is 96.6 Å². The molecule has 12 heteroatoms. The number of sulfone groups is 1. The van der Waals surface area contributed by atoms with Crippen molar-refractivity contribution in [2.75, 3.05) is 23.1 Å². The van der Waals surface area contributed by atoms with Gasteiger partial charge in [-0.25, -0.2) is 28.4 Å². The van der Waals surface area contributed by atoms with Gasteiger partial charge in [0.2, 0.25) is 0 Å². The molecule has 0 unspecified atom stereocenters. The van der Waals surface area contributed by atoms with E-state index in [1.807, 2.05) is 38.3 Å². The average molecular weight is 627 g/mol. The standard InChI is InChI=1S/C16H15N3O3S.C16H15N3OS/c1-10-3-4-11(20)7-15(10)19-16-13-8-12(23(2,21)22)5-6-14(13)17-9-18-16;1-10-3-4-11(20)7-15(10)19-16-13-8-12(21-2)5-6-14(13)17-9-18-16/h3-9,20H,1-2H3,(H,17,18,19);3-9,20H,1-2H3,(H,17,18,19). The highest BCUT2D eigenvalue weighted by atomic mass is 32.2. The summed E-state index contributed by atoms with van der Waals surface area (Å²) in [6.07, 6.45) is 6.15. The van der Waals surface area contributed by atoms with E-state index < -0.39 is 9.84 Å². The molecule has 0 aliphatic carbocycles. The number of nitrogens with one attached hydrogen (secondary N) is 2. The van der Waals surface area contributed by atoms with E-state index in [0.29, 0.717) is 22.4 Å².